The van der Waals surface area contributed by atoms with Crippen LogP contribution in [0.4, 0.5) is 10.9 Å². The molecule has 1 amide bonds. The summed E-state index contributed by atoms with van der Waals surface area (Å²) >= 11 is 1.34. The van der Waals surface area contributed by atoms with Crippen LogP contribution in [-0.4, -0.2) is 20.9 Å². The Labute approximate surface area is 123 Å². The van der Waals surface area contributed by atoms with Crippen LogP contribution < -0.4 is 11.1 Å². The van der Waals surface area contributed by atoms with Gasteiger partial charge in [0.25, 0.3) is 5.91 Å². The molecular formula is C13H11N5O2S. The van der Waals surface area contributed by atoms with E-state index in [2.05, 4.69) is 20.3 Å². The third-order valence-electron chi connectivity index (χ3n) is 2.64. The molecule has 7 nitrogen and oxygen atoms in total. The number of furan rings is 1. The van der Waals surface area contributed by atoms with Crippen molar-refractivity contribution >= 4 is 28.2 Å². The molecule has 0 unspecified atom stereocenters. The fourth-order valence-corrected chi connectivity index (χ4v) is 2.35. The Hall–Kier alpha value is -2.74. The second-order valence-corrected chi connectivity index (χ2v) is 5.08. The minimum atomic E-state index is -0.396. The maximum absolute atomic E-state index is 12.1. The smallest absolute Gasteiger partial charge is 0.262 e. The van der Waals surface area contributed by atoms with Crippen LogP contribution in [0.2, 0.25) is 0 Å². The summed E-state index contributed by atoms with van der Waals surface area (Å²) < 4.78 is 5.18. The van der Waals surface area contributed by atoms with Gasteiger partial charge in [-0.25, -0.2) is 15.0 Å². The highest BCUT2D eigenvalue weighted by Crippen LogP contribution is 2.20. The summed E-state index contributed by atoms with van der Waals surface area (Å²) in [6.07, 6.45) is 2.89. The number of aryl methyl sites for hydroxylation is 1. The van der Waals surface area contributed by atoms with Crippen molar-refractivity contribution in [3.63, 3.8) is 0 Å². The van der Waals surface area contributed by atoms with Crippen LogP contribution in [0.25, 0.3) is 11.6 Å². The topological polar surface area (TPSA) is 107 Å². The molecule has 3 rings (SSSR count). The number of nitrogen functional groups attached to an aromatic ring is 1. The SMILES string of the molecule is Cc1csc(NC(=O)c2cnc(-c3ccco3)nc2N)n1. The highest BCUT2D eigenvalue weighted by atomic mass is 32.1. The number of aromatic nitrogens is 3. The van der Waals surface area contributed by atoms with Gasteiger partial charge in [0.15, 0.2) is 16.7 Å². The van der Waals surface area contributed by atoms with Crippen LogP contribution in [0.15, 0.2) is 34.4 Å². The van der Waals surface area contributed by atoms with E-state index in [1.54, 1.807) is 12.1 Å². The van der Waals surface area contributed by atoms with Crippen LogP contribution in [0.5, 0.6) is 0 Å². The predicted octanol–water partition coefficient (Wildman–Crippen LogP) is 2.34. The van der Waals surface area contributed by atoms with Crippen LogP contribution in [-0.2, 0) is 0 Å². The highest BCUT2D eigenvalue weighted by molar-refractivity contribution is 7.13. The summed E-state index contributed by atoms with van der Waals surface area (Å²) in [6, 6.07) is 3.44. The minimum absolute atomic E-state index is 0.0854. The molecule has 0 bridgehead atoms. The van der Waals surface area contributed by atoms with Crippen molar-refractivity contribution in [3.05, 3.63) is 41.2 Å². The van der Waals surface area contributed by atoms with Gasteiger partial charge in [0.2, 0.25) is 0 Å². The maximum Gasteiger partial charge on any atom is 0.262 e. The van der Waals surface area contributed by atoms with E-state index in [0.29, 0.717) is 16.7 Å². The number of nitrogens with two attached hydrogens (primary N) is 1. The number of anilines is 2. The molecule has 8 heteroatoms. The van der Waals surface area contributed by atoms with Crippen molar-refractivity contribution in [1.29, 1.82) is 0 Å². The Morgan fingerprint density at radius 2 is 2.29 bits per heavy atom. The molecule has 0 atom stereocenters. The second-order valence-electron chi connectivity index (χ2n) is 4.22. The van der Waals surface area contributed by atoms with E-state index in [-0.39, 0.29) is 11.4 Å². The lowest BCUT2D eigenvalue weighted by Crippen LogP contribution is -2.15. The van der Waals surface area contributed by atoms with Crippen LogP contribution in [0, 0.1) is 6.92 Å². The molecule has 0 aliphatic carbocycles. The van der Waals surface area contributed by atoms with E-state index in [1.807, 2.05) is 12.3 Å². The molecule has 21 heavy (non-hydrogen) atoms. The molecule has 0 aromatic carbocycles. The van der Waals surface area contributed by atoms with Crippen molar-refractivity contribution in [1.82, 2.24) is 15.0 Å². The van der Waals surface area contributed by atoms with Crippen molar-refractivity contribution in [2.75, 3.05) is 11.1 Å². The zero-order valence-corrected chi connectivity index (χ0v) is 11.8. The van der Waals surface area contributed by atoms with E-state index >= 15 is 0 Å². The van der Waals surface area contributed by atoms with Gasteiger partial charge < -0.3 is 10.2 Å². The van der Waals surface area contributed by atoms with Crippen molar-refractivity contribution in [3.8, 4) is 11.6 Å². The predicted molar refractivity (Wildman–Crippen MR) is 79.0 cm³/mol. The molecule has 0 saturated heterocycles. The number of nitrogens with one attached hydrogen (secondary N) is 1. The standard InChI is InChI=1S/C13H11N5O2S/c1-7-6-21-13(16-7)18-12(19)8-5-15-11(17-10(8)14)9-3-2-4-20-9/h2-6H,1H3,(H2,14,15,17)(H,16,18,19). The van der Waals surface area contributed by atoms with Crippen LogP contribution in [0.3, 0.4) is 0 Å². The number of nitrogens with zero attached hydrogens (tertiary/aromatic N) is 3. The largest absolute Gasteiger partial charge is 0.461 e. The molecular weight excluding hydrogens is 290 g/mol. The Balaban J connectivity index is 1.84. The highest BCUT2D eigenvalue weighted by Gasteiger charge is 2.15. The van der Waals surface area contributed by atoms with Gasteiger partial charge in [-0.1, -0.05) is 0 Å². The Bertz CT molecular complexity index is 782. The molecule has 3 aromatic rings. The second kappa shape index (κ2) is 5.33. The summed E-state index contributed by atoms with van der Waals surface area (Å²) in [5.41, 5.74) is 6.85. The molecule has 0 aliphatic heterocycles. The van der Waals surface area contributed by atoms with Gasteiger partial charge in [0.1, 0.15) is 11.4 Å². The first kappa shape index (κ1) is 13.3. The summed E-state index contributed by atoms with van der Waals surface area (Å²) in [5.74, 6) is 0.512. The number of thiazole rings is 1. The van der Waals surface area contributed by atoms with E-state index in [1.165, 1.54) is 23.8 Å². The number of carbonyl (C=O) groups is 1. The van der Waals surface area contributed by atoms with E-state index in [0.717, 1.165) is 5.69 Å². The number of hydrogen-bond acceptors (Lipinski definition) is 7. The quantitative estimate of drug-likeness (QED) is 0.769. The third-order valence-corrected chi connectivity index (χ3v) is 3.52. The van der Waals surface area contributed by atoms with Gasteiger partial charge in [0, 0.05) is 11.6 Å². The third kappa shape index (κ3) is 2.75. The molecule has 0 radical (unpaired) electrons. The summed E-state index contributed by atoms with van der Waals surface area (Å²) in [5, 5.41) is 5.01. The van der Waals surface area contributed by atoms with E-state index < -0.39 is 5.91 Å². The van der Waals surface area contributed by atoms with Crippen molar-refractivity contribution in [2.24, 2.45) is 0 Å². The molecule has 0 spiro atoms. The van der Waals surface area contributed by atoms with E-state index in [4.69, 9.17) is 10.2 Å². The Morgan fingerprint density at radius 1 is 1.43 bits per heavy atom. The van der Waals surface area contributed by atoms with Gasteiger partial charge >= 0.3 is 0 Å². The lowest BCUT2D eigenvalue weighted by Gasteiger charge is -2.05. The summed E-state index contributed by atoms with van der Waals surface area (Å²) in [4.78, 5) is 24.4. The zero-order valence-electron chi connectivity index (χ0n) is 11.0. The molecule has 106 valence electrons. The van der Waals surface area contributed by atoms with Crippen molar-refractivity contribution in [2.45, 2.75) is 6.92 Å². The minimum Gasteiger partial charge on any atom is -0.461 e. The molecule has 3 heterocycles. The molecule has 3 aromatic heterocycles. The molecule has 0 aliphatic rings. The molecule has 0 fully saturated rings. The molecule has 3 N–H and O–H groups in total. The number of carbonyl (C=O) groups excluding carboxylic acids is 1. The zero-order chi connectivity index (χ0) is 14.8. The number of rotatable bonds is 3. The van der Waals surface area contributed by atoms with Gasteiger partial charge in [-0.05, 0) is 19.1 Å². The molecule has 0 saturated carbocycles. The fraction of sp³-hybridized carbons (Fsp3) is 0.0769. The van der Waals surface area contributed by atoms with Crippen LogP contribution >= 0.6 is 11.3 Å². The Morgan fingerprint density at radius 3 is 2.90 bits per heavy atom. The number of amides is 1. The lowest BCUT2D eigenvalue weighted by molar-refractivity contribution is 0.102. The van der Waals surface area contributed by atoms with Gasteiger partial charge in [0.05, 0.1) is 12.0 Å². The van der Waals surface area contributed by atoms with E-state index in [9.17, 15) is 4.79 Å². The van der Waals surface area contributed by atoms with Gasteiger partial charge in [-0.3, -0.25) is 10.1 Å². The van der Waals surface area contributed by atoms with Gasteiger partial charge in [-0.15, -0.1) is 11.3 Å². The first-order chi connectivity index (χ1) is 10.1. The number of hydrogen-bond donors (Lipinski definition) is 2. The lowest BCUT2D eigenvalue weighted by atomic mass is 10.3. The average Bonchev–Trinajstić information content (AvgIpc) is 3.10. The summed E-state index contributed by atoms with van der Waals surface area (Å²) in [6.45, 7) is 1.85. The first-order valence-electron chi connectivity index (χ1n) is 6.03. The van der Waals surface area contributed by atoms with Crippen LogP contribution in [0.1, 0.15) is 16.1 Å². The first-order valence-corrected chi connectivity index (χ1v) is 6.91. The normalized spacial score (nSPS) is 10.5. The monoisotopic (exact) mass is 301 g/mol. The van der Waals surface area contributed by atoms with Crippen molar-refractivity contribution < 1.29 is 9.21 Å². The Kier molecular flexibility index (Phi) is 3.36. The summed E-state index contributed by atoms with van der Waals surface area (Å²) in [7, 11) is 0. The fourth-order valence-electron chi connectivity index (χ4n) is 1.67. The average molecular weight is 301 g/mol. The van der Waals surface area contributed by atoms with Gasteiger partial charge in [-0.2, -0.15) is 0 Å². The maximum atomic E-state index is 12.1.